The normalized spacial score (nSPS) is 27.8. The zero-order chi connectivity index (χ0) is 10.9. The van der Waals surface area contributed by atoms with Crippen LogP contribution < -0.4 is 5.73 Å². The Morgan fingerprint density at radius 3 is 2.93 bits per heavy atom. The van der Waals surface area contributed by atoms with Crippen LogP contribution in [0.4, 0.5) is 0 Å². The van der Waals surface area contributed by atoms with Gasteiger partial charge in [0, 0.05) is 12.6 Å². The average Bonchev–Trinajstić information content (AvgIpc) is 2.71. The van der Waals surface area contributed by atoms with Crippen LogP contribution in [-0.4, -0.2) is 32.9 Å². The first-order chi connectivity index (χ1) is 7.12. The summed E-state index contributed by atoms with van der Waals surface area (Å²) in [6, 6.07) is 3.03. The van der Waals surface area contributed by atoms with Crippen LogP contribution >= 0.6 is 11.3 Å². The molecule has 6 heteroatoms. The maximum absolute atomic E-state index is 12.1. The molecule has 0 spiro atoms. The zero-order valence-corrected chi connectivity index (χ0v) is 9.76. The molecule has 84 valence electrons. The average molecular weight is 247 g/mol. The third-order valence-electron chi connectivity index (χ3n) is 2.53. The fraction of sp³-hybridized carbons (Fsp3) is 0.556. The quantitative estimate of drug-likeness (QED) is 0.832. The van der Waals surface area contributed by atoms with Crippen molar-refractivity contribution in [3.05, 3.63) is 17.5 Å². The minimum atomic E-state index is -3.30. The molecular weight excluding hydrogens is 234 g/mol. The van der Waals surface area contributed by atoms with Crippen molar-refractivity contribution in [3.8, 4) is 0 Å². The number of nitrogens with two attached hydrogens (primary N) is 1. The molecule has 1 aromatic rings. The van der Waals surface area contributed by atoms with E-state index in [2.05, 4.69) is 0 Å². The summed E-state index contributed by atoms with van der Waals surface area (Å²) in [7, 11) is -3.30. The van der Waals surface area contributed by atoms with E-state index < -0.39 is 15.1 Å². The van der Waals surface area contributed by atoms with E-state index in [9.17, 15) is 8.42 Å². The van der Waals surface area contributed by atoms with Crippen LogP contribution in [0, 0.1) is 0 Å². The summed E-state index contributed by atoms with van der Waals surface area (Å²) in [6.07, 6.45) is 0.606. The first kappa shape index (κ1) is 11.1. The Balaban J connectivity index is 2.29. The molecule has 2 atom stereocenters. The standard InChI is InChI=1S/C9H13NO3S2/c10-7-3-4-13-6-8(7)15(11,12)9-2-1-5-14-9/h1-2,5,7-8H,3-4,6,10H2. The lowest BCUT2D eigenvalue weighted by Gasteiger charge is -2.27. The Labute approximate surface area is 93.0 Å². The third-order valence-corrected chi connectivity index (χ3v) is 6.16. The van der Waals surface area contributed by atoms with Crippen molar-refractivity contribution < 1.29 is 13.2 Å². The van der Waals surface area contributed by atoms with E-state index >= 15 is 0 Å². The highest BCUT2D eigenvalue weighted by Crippen LogP contribution is 2.25. The van der Waals surface area contributed by atoms with Crippen LogP contribution in [0.3, 0.4) is 0 Å². The second-order valence-corrected chi connectivity index (χ2v) is 6.88. The predicted octanol–water partition coefficient (Wildman–Crippen LogP) is 0.638. The summed E-state index contributed by atoms with van der Waals surface area (Å²) in [6.45, 7) is 0.763. The van der Waals surface area contributed by atoms with Crippen LogP contribution in [0.2, 0.25) is 0 Å². The number of hydrogen-bond acceptors (Lipinski definition) is 5. The van der Waals surface area contributed by atoms with Gasteiger partial charge in [0.05, 0.1) is 6.61 Å². The Kier molecular flexibility index (Phi) is 3.11. The molecule has 0 aliphatic carbocycles. The molecule has 0 radical (unpaired) electrons. The monoisotopic (exact) mass is 247 g/mol. The van der Waals surface area contributed by atoms with Gasteiger partial charge in [0.25, 0.3) is 0 Å². The van der Waals surface area contributed by atoms with Gasteiger partial charge in [-0.2, -0.15) is 0 Å². The van der Waals surface area contributed by atoms with Crippen LogP contribution in [0.1, 0.15) is 6.42 Å². The first-order valence-electron chi connectivity index (χ1n) is 4.73. The molecule has 1 saturated heterocycles. The van der Waals surface area contributed by atoms with Gasteiger partial charge in [-0.05, 0) is 17.9 Å². The van der Waals surface area contributed by atoms with Crippen molar-refractivity contribution >= 4 is 21.2 Å². The molecule has 2 N–H and O–H groups in total. The second-order valence-electron chi connectivity index (χ2n) is 3.54. The van der Waals surface area contributed by atoms with Gasteiger partial charge in [0.1, 0.15) is 9.46 Å². The number of ether oxygens (including phenoxy) is 1. The Hall–Kier alpha value is -0.430. The van der Waals surface area contributed by atoms with E-state index in [1.807, 2.05) is 0 Å². The molecule has 15 heavy (non-hydrogen) atoms. The molecule has 2 rings (SSSR count). The third kappa shape index (κ3) is 2.08. The van der Waals surface area contributed by atoms with Gasteiger partial charge in [-0.15, -0.1) is 11.3 Å². The lowest BCUT2D eigenvalue weighted by atomic mass is 10.1. The van der Waals surface area contributed by atoms with Crippen molar-refractivity contribution in [2.45, 2.75) is 21.9 Å². The molecular formula is C9H13NO3S2. The summed E-state index contributed by atoms with van der Waals surface area (Å²) < 4.78 is 29.8. The zero-order valence-electron chi connectivity index (χ0n) is 8.13. The van der Waals surface area contributed by atoms with E-state index in [-0.39, 0.29) is 12.6 Å². The molecule has 0 aromatic carbocycles. The molecule has 2 heterocycles. The summed E-state index contributed by atoms with van der Waals surface area (Å²) >= 11 is 1.23. The van der Waals surface area contributed by atoms with Gasteiger partial charge in [0.15, 0.2) is 9.84 Å². The molecule has 1 aliphatic rings. The molecule has 0 saturated carbocycles. The lowest BCUT2D eigenvalue weighted by molar-refractivity contribution is 0.0892. The van der Waals surface area contributed by atoms with Crippen LogP contribution in [-0.2, 0) is 14.6 Å². The minimum Gasteiger partial charge on any atom is -0.380 e. The second kappa shape index (κ2) is 4.21. The van der Waals surface area contributed by atoms with Crippen molar-refractivity contribution in [2.24, 2.45) is 5.73 Å². The maximum Gasteiger partial charge on any atom is 0.194 e. The fourth-order valence-electron chi connectivity index (χ4n) is 1.62. The van der Waals surface area contributed by atoms with E-state index in [1.54, 1.807) is 17.5 Å². The smallest absolute Gasteiger partial charge is 0.194 e. The molecule has 1 aromatic heterocycles. The van der Waals surface area contributed by atoms with Gasteiger partial charge >= 0.3 is 0 Å². The van der Waals surface area contributed by atoms with Crippen molar-refractivity contribution in [1.29, 1.82) is 0 Å². The number of rotatable bonds is 2. The molecule has 0 amide bonds. The van der Waals surface area contributed by atoms with Crippen LogP contribution in [0.5, 0.6) is 0 Å². The minimum absolute atomic E-state index is 0.210. The van der Waals surface area contributed by atoms with Gasteiger partial charge in [-0.1, -0.05) is 6.07 Å². The maximum atomic E-state index is 12.1. The lowest BCUT2D eigenvalue weighted by Crippen LogP contribution is -2.47. The van der Waals surface area contributed by atoms with E-state index in [0.717, 1.165) is 0 Å². The summed E-state index contributed by atoms with van der Waals surface area (Å²) in [4.78, 5) is 0. The molecule has 2 unspecified atom stereocenters. The van der Waals surface area contributed by atoms with Crippen LogP contribution in [0.15, 0.2) is 21.7 Å². The van der Waals surface area contributed by atoms with E-state index in [4.69, 9.17) is 10.5 Å². The number of thiophene rings is 1. The molecule has 1 aliphatic heterocycles. The summed E-state index contributed by atoms with van der Waals surface area (Å²) in [5.41, 5.74) is 5.82. The summed E-state index contributed by atoms with van der Waals surface area (Å²) in [5, 5.41) is 1.16. The number of hydrogen-bond donors (Lipinski definition) is 1. The Morgan fingerprint density at radius 2 is 2.33 bits per heavy atom. The SMILES string of the molecule is NC1CCOCC1S(=O)(=O)c1cccs1. The van der Waals surface area contributed by atoms with Crippen molar-refractivity contribution in [2.75, 3.05) is 13.2 Å². The Bertz CT molecular complexity index is 413. The van der Waals surface area contributed by atoms with Crippen molar-refractivity contribution in [1.82, 2.24) is 0 Å². The van der Waals surface area contributed by atoms with Gasteiger partial charge in [-0.3, -0.25) is 0 Å². The van der Waals surface area contributed by atoms with Crippen molar-refractivity contribution in [3.63, 3.8) is 0 Å². The highest BCUT2D eigenvalue weighted by Gasteiger charge is 2.35. The molecule has 0 bridgehead atoms. The molecule has 1 fully saturated rings. The van der Waals surface area contributed by atoms with Gasteiger partial charge < -0.3 is 10.5 Å². The largest absolute Gasteiger partial charge is 0.380 e. The predicted molar refractivity (Wildman–Crippen MR) is 58.7 cm³/mol. The highest BCUT2D eigenvalue weighted by molar-refractivity contribution is 7.94. The van der Waals surface area contributed by atoms with E-state index in [0.29, 0.717) is 17.2 Å². The summed E-state index contributed by atoms with van der Waals surface area (Å²) in [5.74, 6) is 0. The first-order valence-corrected chi connectivity index (χ1v) is 7.15. The fourth-order valence-corrected chi connectivity index (χ4v) is 4.58. The van der Waals surface area contributed by atoms with E-state index in [1.165, 1.54) is 11.3 Å². The van der Waals surface area contributed by atoms with Gasteiger partial charge in [0.2, 0.25) is 0 Å². The topological polar surface area (TPSA) is 69.4 Å². The number of sulfone groups is 1. The molecule has 4 nitrogen and oxygen atoms in total. The Morgan fingerprint density at radius 1 is 1.53 bits per heavy atom. The van der Waals surface area contributed by atoms with Gasteiger partial charge in [-0.25, -0.2) is 8.42 Å². The van der Waals surface area contributed by atoms with Crippen LogP contribution in [0.25, 0.3) is 0 Å². The highest BCUT2D eigenvalue weighted by atomic mass is 32.2.